The van der Waals surface area contributed by atoms with E-state index in [-0.39, 0.29) is 11.9 Å². The summed E-state index contributed by atoms with van der Waals surface area (Å²) >= 11 is 0. The molecule has 0 radical (unpaired) electrons. The molecule has 0 spiro atoms. The van der Waals surface area contributed by atoms with Crippen molar-refractivity contribution < 1.29 is 19.0 Å². The van der Waals surface area contributed by atoms with E-state index in [0.29, 0.717) is 24.7 Å². The van der Waals surface area contributed by atoms with Crippen LogP contribution in [0.2, 0.25) is 0 Å². The molecule has 1 saturated heterocycles. The number of aromatic amines is 1. The highest BCUT2D eigenvalue weighted by atomic mass is 16.5. The molecular weight excluding hydrogens is 310 g/mol. The summed E-state index contributed by atoms with van der Waals surface area (Å²) in [5.41, 5.74) is 1.68. The molecule has 3 rings (SSSR count). The number of nitrogens with zero attached hydrogens (tertiary/aromatic N) is 2. The highest BCUT2D eigenvalue weighted by molar-refractivity contribution is 5.82. The van der Waals surface area contributed by atoms with Gasteiger partial charge in [-0.1, -0.05) is 0 Å². The van der Waals surface area contributed by atoms with Crippen molar-refractivity contribution in [1.82, 2.24) is 9.97 Å². The second kappa shape index (κ2) is 6.98. The predicted octanol–water partition coefficient (Wildman–Crippen LogP) is 2.36. The van der Waals surface area contributed by atoms with Gasteiger partial charge in [0.2, 0.25) is 5.95 Å². The first kappa shape index (κ1) is 16.4. The van der Waals surface area contributed by atoms with Gasteiger partial charge in [0.25, 0.3) is 0 Å². The molecule has 2 heterocycles. The predicted molar refractivity (Wildman–Crippen MR) is 90.8 cm³/mol. The lowest BCUT2D eigenvalue weighted by Gasteiger charge is -2.31. The van der Waals surface area contributed by atoms with Crippen LogP contribution in [0.25, 0.3) is 11.0 Å². The van der Waals surface area contributed by atoms with Crippen molar-refractivity contribution in [3.63, 3.8) is 0 Å². The van der Waals surface area contributed by atoms with Gasteiger partial charge in [0.1, 0.15) is 0 Å². The van der Waals surface area contributed by atoms with E-state index < -0.39 is 0 Å². The van der Waals surface area contributed by atoms with Crippen molar-refractivity contribution in [3.8, 4) is 11.5 Å². The zero-order valence-electron chi connectivity index (χ0n) is 14.3. The minimum absolute atomic E-state index is 0.101. The van der Waals surface area contributed by atoms with Crippen LogP contribution in [0.4, 0.5) is 5.95 Å². The first-order valence-electron chi connectivity index (χ1n) is 8.19. The first-order chi connectivity index (χ1) is 11.7. The second-order valence-corrected chi connectivity index (χ2v) is 5.82. The van der Waals surface area contributed by atoms with Crippen molar-refractivity contribution in [2.45, 2.75) is 19.8 Å². The molecule has 1 N–H and O–H groups in total. The highest BCUT2D eigenvalue weighted by Crippen LogP contribution is 2.33. The topological polar surface area (TPSA) is 76.7 Å². The molecule has 7 nitrogen and oxygen atoms in total. The fourth-order valence-corrected chi connectivity index (χ4v) is 3.10. The number of aromatic nitrogens is 2. The zero-order valence-corrected chi connectivity index (χ0v) is 14.3. The highest BCUT2D eigenvalue weighted by Gasteiger charge is 2.28. The van der Waals surface area contributed by atoms with Gasteiger partial charge in [-0.25, -0.2) is 4.98 Å². The maximum absolute atomic E-state index is 12.0. The number of nitrogens with one attached hydrogen (secondary N) is 1. The molecule has 2 aromatic rings. The van der Waals surface area contributed by atoms with Gasteiger partial charge in [-0.2, -0.15) is 0 Å². The number of ether oxygens (including phenoxy) is 3. The third kappa shape index (κ3) is 3.11. The third-order valence-corrected chi connectivity index (χ3v) is 4.32. The monoisotopic (exact) mass is 333 g/mol. The summed E-state index contributed by atoms with van der Waals surface area (Å²) < 4.78 is 15.8. The molecular formula is C17H23N3O4. The van der Waals surface area contributed by atoms with Crippen LogP contribution < -0.4 is 14.4 Å². The molecule has 7 heteroatoms. The summed E-state index contributed by atoms with van der Waals surface area (Å²) in [5.74, 6) is 1.83. The lowest BCUT2D eigenvalue weighted by Crippen LogP contribution is -2.40. The van der Waals surface area contributed by atoms with Crippen LogP contribution >= 0.6 is 0 Å². The van der Waals surface area contributed by atoms with Gasteiger partial charge >= 0.3 is 5.97 Å². The van der Waals surface area contributed by atoms with Crippen LogP contribution in [-0.2, 0) is 9.53 Å². The number of benzene rings is 1. The number of hydrogen-bond acceptors (Lipinski definition) is 6. The molecule has 24 heavy (non-hydrogen) atoms. The minimum atomic E-state index is -0.123. The zero-order chi connectivity index (χ0) is 17.1. The lowest BCUT2D eigenvalue weighted by molar-refractivity contribution is -0.148. The molecule has 0 amide bonds. The van der Waals surface area contributed by atoms with E-state index in [0.717, 1.165) is 36.4 Å². The average Bonchev–Trinajstić information content (AvgIpc) is 3.03. The van der Waals surface area contributed by atoms with E-state index in [1.165, 1.54) is 0 Å². The van der Waals surface area contributed by atoms with Crippen LogP contribution in [0.15, 0.2) is 12.1 Å². The molecule has 1 aliphatic heterocycles. The fourth-order valence-electron chi connectivity index (χ4n) is 3.10. The Hall–Kier alpha value is -2.44. The number of carbonyl (C=O) groups is 1. The number of methoxy groups -OCH3 is 2. The smallest absolute Gasteiger partial charge is 0.310 e. The number of carbonyl (C=O) groups excluding carboxylic acids is 1. The molecule has 130 valence electrons. The van der Waals surface area contributed by atoms with Gasteiger partial charge in [0.15, 0.2) is 11.5 Å². The number of fused-ring (bicyclic) bond motifs is 1. The molecule has 1 aromatic carbocycles. The van der Waals surface area contributed by atoms with Crippen molar-refractivity contribution >= 4 is 23.0 Å². The van der Waals surface area contributed by atoms with Crippen LogP contribution in [-0.4, -0.2) is 49.9 Å². The molecule has 0 aliphatic carbocycles. The maximum Gasteiger partial charge on any atom is 0.310 e. The number of imidazole rings is 1. The van der Waals surface area contributed by atoms with Crippen molar-refractivity contribution in [2.24, 2.45) is 5.92 Å². The first-order valence-corrected chi connectivity index (χ1v) is 8.19. The summed E-state index contributed by atoms with van der Waals surface area (Å²) in [5, 5.41) is 0. The summed E-state index contributed by atoms with van der Waals surface area (Å²) in [6.45, 7) is 3.73. The molecule has 0 saturated carbocycles. The Kier molecular flexibility index (Phi) is 4.78. The van der Waals surface area contributed by atoms with E-state index >= 15 is 0 Å². The number of rotatable bonds is 5. The fraction of sp³-hybridized carbons (Fsp3) is 0.529. The van der Waals surface area contributed by atoms with Gasteiger partial charge in [-0.15, -0.1) is 0 Å². The van der Waals surface area contributed by atoms with Crippen LogP contribution in [0.5, 0.6) is 11.5 Å². The van der Waals surface area contributed by atoms with E-state index in [2.05, 4.69) is 14.9 Å². The molecule has 1 atom stereocenters. The SMILES string of the molecule is CCOC(=O)C1CCCN(c2nc3cc(OC)c(OC)cc3[nH]2)C1. The molecule has 1 aliphatic rings. The number of H-pyrrole nitrogens is 1. The number of piperidine rings is 1. The standard InChI is InChI=1S/C17H23N3O4/c1-4-24-16(21)11-6-5-7-20(10-11)17-18-12-8-14(22-2)15(23-3)9-13(12)19-17/h8-9,11H,4-7,10H2,1-3H3,(H,18,19). The van der Waals surface area contributed by atoms with Gasteiger partial charge in [0.05, 0.1) is 37.8 Å². The van der Waals surface area contributed by atoms with E-state index in [1.54, 1.807) is 14.2 Å². The minimum Gasteiger partial charge on any atom is -0.493 e. The summed E-state index contributed by atoms with van der Waals surface area (Å²) in [4.78, 5) is 22.1. The average molecular weight is 333 g/mol. The summed E-state index contributed by atoms with van der Waals surface area (Å²) in [7, 11) is 3.21. The Morgan fingerprint density at radius 2 is 2.08 bits per heavy atom. The van der Waals surface area contributed by atoms with Crippen LogP contribution in [0.3, 0.4) is 0 Å². The molecule has 1 aromatic heterocycles. The second-order valence-electron chi connectivity index (χ2n) is 5.82. The Bertz CT molecular complexity index is 687. The lowest BCUT2D eigenvalue weighted by atomic mass is 9.98. The van der Waals surface area contributed by atoms with Gasteiger partial charge < -0.3 is 24.1 Å². The number of anilines is 1. The van der Waals surface area contributed by atoms with Gasteiger partial charge in [-0.05, 0) is 19.8 Å². The van der Waals surface area contributed by atoms with E-state index in [1.807, 2.05) is 19.1 Å². The Morgan fingerprint density at radius 3 is 2.79 bits per heavy atom. The Labute approximate surface area is 140 Å². The van der Waals surface area contributed by atoms with Crippen molar-refractivity contribution in [3.05, 3.63) is 12.1 Å². The van der Waals surface area contributed by atoms with Gasteiger partial charge in [0, 0.05) is 25.2 Å². The summed E-state index contributed by atoms with van der Waals surface area (Å²) in [6, 6.07) is 3.72. The number of esters is 1. The molecule has 1 unspecified atom stereocenters. The Morgan fingerprint density at radius 1 is 1.33 bits per heavy atom. The molecule has 1 fully saturated rings. The quantitative estimate of drug-likeness (QED) is 0.847. The van der Waals surface area contributed by atoms with Crippen molar-refractivity contribution in [2.75, 3.05) is 38.8 Å². The number of hydrogen-bond donors (Lipinski definition) is 1. The van der Waals surface area contributed by atoms with Crippen LogP contribution in [0.1, 0.15) is 19.8 Å². The van der Waals surface area contributed by atoms with Crippen molar-refractivity contribution in [1.29, 1.82) is 0 Å². The van der Waals surface area contributed by atoms with E-state index in [4.69, 9.17) is 14.2 Å². The molecule has 0 bridgehead atoms. The van der Waals surface area contributed by atoms with Gasteiger partial charge in [-0.3, -0.25) is 4.79 Å². The Balaban J connectivity index is 1.85. The maximum atomic E-state index is 12.0. The van der Waals surface area contributed by atoms with Crippen LogP contribution in [0, 0.1) is 5.92 Å². The third-order valence-electron chi connectivity index (χ3n) is 4.32. The largest absolute Gasteiger partial charge is 0.493 e. The normalized spacial score (nSPS) is 17.8. The van der Waals surface area contributed by atoms with E-state index in [9.17, 15) is 4.79 Å². The summed E-state index contributed by atoms with van der Waals surface area (Å²) in [6.07, 6.45) is 1.80.